The van der Waals surface area contributed by atoms with Crippen LogP contribution < -0.4 is 5.73 Å². The number of anilines is 1. The van der Waals surface area contributed by atoms with Crippen LogP contribution in [-0.2, 0) is 12.8 Å². The lowest BCUT2D eigenvalue weighted by atomic mass is 9.95. The molecule has 2 aromatic rings. The standard InChI is InChI=1S/C16H19N3S.C2H6/c1-3-5-7-13-11(4-2)15(14-8-6-9-20-14)12(10-17)16(18)19-13;1-2/h6,8-9H,3-5,7H2,1-2H3,(H2,18,19);1-2H3. The first-order valence-electron chi connectivity index (χ1n) is 7.98. The summed E-state index contributed by atoms with van der Waals surface area (Å²) in [5, 5.41) is 11.4. The molecule has 0 amide bonds. The minimum atomic E-state index is 0.360. The molecule has 22 heavy (non-hydrogen) atoms. The highest BCUT2D eigenvalue weighted by Crippen LogP contribution is 2.35. The van der Waals surface area contributed by atoms with Gasteiger partial charge in [0.15, 0.2) is 0 Å². The molecule has 2 N–H and O–H groups in total. The van der Waals surface area contributed by atoms with Crippen molar-refractivity contribution in [3.63, 3.8) is 0 Å². The molecule has 118 valence electrons. The first-order chi connectivity index (χ1) is 10.7. The molecule has 0 fully saturated rings. The van der Waals surface area contributed by atoms with Gasteiger partial charge in [-0.1, -0.05) is 40.2 Å². The topological polar surface area (TPSA) is 62.7 Å². The summed E-state index contributed by atoms with van der Waals surface area (Å²) in [6.45, 7) is 8.28. The molecular formula is C18H25N3S. The van der Waals surface area contributed by atoms with Gasteiger partial charge in [-0.05, 0) is 36.3 Å². The Labute approximate surface area is 137 Å². The number of aromatic nitrogens is 1. The number of aryl methyl sites for hydroxylation is 1. The Morgan fingerprint density at radius 3 is 2.55 bits per heavy atom. The van der Waals surface area contributed by atoms with E-state index in [1.54, 1.807) is 11.3 Å². The van der Waals surface area contributed by atoms with E-state index in [2.05, 4.69) is 24.9 Å². The van der Waals surface area contributed by atoms with E-state index in [0.29, 0.717) is 11.4 Å². The number of nitrogen functional groups attached to an aromatic ring is 1. The number of unbranched alkanes of at least 4 members (excludes halogenated alkanes) is 1. The third-order valence-electron chi connectivity index (χ3n) is 3.41. The van der Waals surface area contributed by atoms with Gasteiger partial charge in [0, 0.05) is 16.1 Å². The van der Waals surface area contributed by atoms with Gasteiger partial charge in [-0.25, -0.2) is 4.98 Å². The molecule has 4 heteroatoms. The summed E-state index contributed by atoms with van der Waals surface area (Å²) < 4.78 is 0. The summed E-state index contributed by atoms with van der Waals surface area (Å²) >= 11 is 1.64. The molecule has 0 saturated heterocycles. The van der Waals surface area contributed by atoms with Crippen molar-refractivity contribution in [1.29, 1.82) is 5.26 Å². The van der Waals surface area contributed by atoms with Gasteiger partial charge in [0.1, 0.15) is 17.5 Å². The first-order valence-corrected chi connectivity index (χ1v) is 8.86. The number of hydrogen-bond acceptors (Lipinski definition) is 4. The van der Waals surface area contributed by atoms with Crippen molar-refractivity contribution in [2.24, 2.45) is 0 Å². The second-order valence-electron chi connectivity index (χ2n) is 4.72. The fourth-order valence-corrected chi connectivity index (χ4v) is 3.23. The van der Waals surface area contributed by atoms with Gasteiger partial charge in [0.2, 0.25) is 0 Å². The van der Waals surface area contributed by atoms with Crippen molar-refractivity contribution in [3.8, 4) is 16.5 Å². The number of nitrogens with two attached hydrogens (primary N) is 1. The lowest BCUT2D eigenvalue weighted by Crippen LogP contribution is -2.07. The third-order valence-corrected chi connectivity index (χ3v) is 4.30. The zero-order valence-corrected chi connectivity index (χ0v) is 14.8. The summed E-state index contributed by atoms with van der Waals surface area (Å²) in [6, 6.07) is 6.28. The van der Waals surface area contributed by atoms with Gasteiger partial charge in [0.05, 0.1) is 0 Å². The van der Waals surface area contributed by atoms with Crippen molar-refractivity contribution >= 4 is 17.2 Å². The molecule has 0 aromatic carbocycles. The summed E-state index contributed by atoms with van der Waals surface area (Å²) in [4.78, 5) is 5.58. The Morgan fingerprint density at radius 1 is 1.32 bits per heavy atom. The van der Waals surface area contributed by atoms with Crippen molar-refractivity contribution in [1.82, 2.24) is 4.98 Å². The minimum absolute atomic E-state index is 0.360. The van der Waals surface area contributed by atoms with E-state index in [1.807, 2.05) is 31.4 Å². The Bertz CT molecular complexity index is 625. The van der Waals surface area contributed by atoms with Crippen LogP contribution in [0, 0.1) is 11.3 Å². The molecule has 0 atom stereocenters. The maximum atomic E-state index is 9.42. The number of nitriles is 1. The summed E-state index contributed by atoms with van der Waals surface area (Å²) in [5.74, 6) is 0.360. The van der Waals surface area contributed by atoms with Crippen LogP contribution in [0.15, 0.2) is 17.5 Å². The molecule has 0 unspecified atom stereocenters. The minimum Gasteiger partial charge on any atom is -0.383 e. The number of pyridine rings is 1. The quantitative estimate of drug-likeness (QED) is 0.825. The van der Waals surface area contributed by atoms with E-state index in [1.165, 1.54) is 5.56 Å². The van der Waals surface area contributed by atoms with Crippen LogP contribution in [0.25, 0.3) is 10.4 Å². The van der Waals surface area contributed by atoms with Crippen molar-refractivity contribution in [3.05, 3.63) is 34.3 Å². The predicted molar refractivity (Wildman–Crippen MR) is 96.0 cm³/mol. The lowest BCUT2D eigenvalue weighted by Gasteiger charge is -2.15. The van der Waals surface area contributed by atoms with Gasteiger partial charge in [-0.2, -0.15) is 5.26 Å². The molecule has 0 aliphatic carbocycles. The fraction of sp³-hybridized carbons (Fsp3) is 0.444. The molecule has 0 spiro atoms. The Kier molecular flexibility index (Phi) is 7.62. The maximum absolute atomic E-state index is 9.42. The van der Waals surface area contributed by atoms with Crippen LogP contribution >= 0.6 is 11.3 Å². The van der Waals surface area contributed by atoms with E-state index in [0.717, 1.165) is 41.8 Å². The van der Waals surface area contributed by atoms with Gasteiger partial charge in [-0.3, -0.25) is 0 Å². The molecule has 0 bridgehead atoms. The molecular weight excluding hydrogens is 290 g/mol. The molecule has 2 heterocycles. The molecule has 0 aliphatic rings. The zero-order valence-electron chi connectivity index (χ0n) is 13.9. The van der Waals surface area contributed by atoms with Gasteiger partial charge < -0.3 is 5.73 Å². The number of hydrogen-bond donors (Lipinski definition) is 1. The summed E-state index contributed by atoms with van der Waals surface area (Å²) in [5.41, 5.74) is 9.74. The third kappa shape index (κ3) is 3.86. The van der Waals surface area contributed by atoms with Gasteiger partial charge >= 0.3 is 0 Å². The molecule has 0 saturated carbocycles. The molecule has 0 radical (unpaired) electrons. The number of thiophene rings is 1. The van der Waals surface area contributed by atoms with E-state index >= 15 is 0 Å². The van der Waals surface area contributed by atoms with Crippen molar-refractivity contribution in [2.75, 3.05) is 5.73 Å². The van der Waals surface area contributed by atoms with Crippen LogP contribution in [0.5, 0.6) is 0 Å². The summed E-state index contributed by atoms with van der Waals surface area (Å²) in [6.07, 6.45) is 4.01. The van der Waals surface area contributed by atoms with Gasteiger partial charge in [0.25, 0.3) is 0 Å². The highest BCUT2D eigenvalue weighted by atomic mass is 32.1. The first kappa shape index (κ1) is 18.2. The molecule has 3 nitrogen and oxygen atoms in total. The molecule has 2 aromatic heterocycles. The van der Waals surface area contributed by atoms with Crippen LogP contribution in [-0.4, -0.2) is 4.98 Å². The smallest absolute Gasteiger partial charge is 0.142 e. The van der Waals surface area contributed by atoms with E-state index in [-0.39, 0.29) is 0 Å². The highest BCUT2D eigenvalue weighted by molar-refractivity contribution is 7.13. The second-order valence-corrected chi connectivity index (χ2v) is 5.67. The Hall–Kier alpha value is -1.86. The molecule has 2 rings (SSSR count). The van der Waals surface area contributed by atoms with Gasteiger partial charge in [-0.15, -0.1) is 11.3 Å². The number of rotatable bonds is 5. The SMILES string of the molecule is CC.CCCCc1nc(N)c(C#N)c(-c2cccs2)c1CC. The average Bonchev–Trinajstić information content (AvgIpc) is 3.08. The van der Waals surface area contributed by atoms with E-state index < -0.39 is 0 Å². The lowest BCUT2D eigenvalue weighted by molar-refractivity contribution is 0.768. The van der Waals surface area contributed by atoms with E-state index in [4.69, 9.17) is 5.73 Å². The summed E-state index contributed by atoms with van der Waals surface area (Å²) in [7, 11) is 0. The normalized spacial score (nSPS) is 9.77. The number of nitrogens with zero attached hydrogens (tertiary/aromatic N) is 2. The van der Waals surface area contributed by atoms with Crippen molar-refractivity contribution in [2.45, 2.75) is 53.4 Å². The van der Waals surface area contributed by atoms with Crippen LogP contribution in [0.1, 0.15) is 57.4 Å². The monoisotopic (exact) mass is 315 g/mol. The highest BCUT2D eigenvalue weighted by Gasteiger charge is 2.19. The molecule has 0 aliphatic heterocycles. The van der Waals surface area contributed by atoms with E-state index in [9.17, 15) is 5.26 Å². The second kappa shape index (κ2) is 9.22. The van der Waals surface area contributed by atoms with Crippen LogP contribution in [0.3, 0.4) is 0 Å². The largest absolute Gasteiger partial charge is 0.383 e. The van der Waals surface area contributed by atoms with Crippen LogP contribution in [0.2, 0.25) is 0 Å². The van der Waals surface area contributed by atoms with Crippen molar-refractivity contribution < 1.29 is 0 Å². The Morgan fingerprint density at radius 2 is 2.05 bits per heavy atom. The fourth-order valence-electron chi connectivity index (χ4n) is 2.43. The zero-order chi connectivity index (χ0) is 16.5. The average molecular weight is 315 g/mol. The predicted octanol–water partition coefficient (Wildman–Crippen LogP) is 5.20. The van der Waals surface area contributed by atoms with Crippen LogP contribution in [0.4, 0.5) is 5.82 Å². The Balaban J connectivity index is 0.00000116. The maximum Gasteiger partial charge on any atom is 0.142 e.